The van der Waals surface area contributed by atoms with Crippen molar-refractivity contribution in [2.45, 2.75) is 84.0 Å². The standard InChI is InChI=1S/C21H36N4O9/c1-5-10(3)16(22)20(32)23-12(7-8-14(26)27)18(30)24-13(9-15(28)29)19(31)25-17(21(33)34)11(4)6-2/h10-13,16-17H,5-9,22H2,1-4H3,(H,23,32)(H,24,30)(H,25,31)(H,26,27)(H,28,29)(H,33,34). The van der Waals surface area contributed by atoms with Gasteiger partial charge < -0.3 is 37.0 Å². The maximum absolute atomic E-state index is 12.8. The van der Waals surface area contributed by atoms with Gasteiger partial charge in [-0.25, -0.2) is 4.79 Å². The van der Waals surface area contributed by atoms with Crippen LogP contribution < -0.4 is 21.7 Å². The van der Waals surface area contributed by atoms with Crippen LogP contribution in [0.25, 0.3) is 0 Å². The van der Waals surface area contributed by atoms with E-state index in [9.17, 15) is 33.9 Å². The number of hydrogen-bond acceptors (Lipinski definition) is 7. The summed E-state index contributed by atoms with van der Waals surface area (Å²) in [6.45, 7) is 6.83. The summed E-state index contributed by atoms with van der Waals surface area (Å²) in [5.41, 5.74) is 5.86. The maximum Gasteiger partial charge on any atom is 0.326 e. The van der Waals surface area contributed by atoms with Crippen LogP contribution in [0.4, 0.5) is 0 Å². The van der Waals surface area contributed by atoms with Gasteiger partial charge in [0.15, 0.2) is 0 Å². The number of nitrogens with two attached hydrogens (primary N) is 1. The molecule has 0 fully saturated rings. The van der Waals surface area contributed by atoms with Gasteiger partial charge in [-0.2, -0.15) is 0 Å². The zero-order chi connectivity index (χ0) is 26.6. The Labute approximate surface area is 197 Å². The molecule has 0 aliphatic rings. The van der Waals surface area contributed by atoms with Crippen molar-refractivity contribution in [3.63, 3.8) is 0 Å². The molecule has 194 valence electrons. The molecule has 0 rings (SSSR count). The lowest BCUT2D eigenvalue weighted by Gasteiger charge is -2.26. The molecule has 0 aliphatic heterocycles. The van der Waals surface area contributed by atoms with Crippen LogP contribution in [0.3, 0.4) is 0 Å². The first-order chi connectivity index (χ1) is 15.7. The summed E-state index contributed by atoms with van der Waals surface area (Å²) in [5, 5.41) is 34.3. The van der Waals surface area contributed by atoms with Gasteiger partial charge in [-0.3, -0.25) is 24.0 Å². The average molecular weight is 489 g/mol. The number of nitrogens with one attached hydrogen (secondary N) is 3. The van der Waals surface area contributed by atoms with E-state index in [2.05, 4.69) is 16.0 Å². The average Bonchev–Trinajstić information content (AvgIpc) is 2.76. The van der Waals surface area contributed by atoms with E-state index in [-0.39, 0.29) is 12.3 Å². The summed E-state index contributed by atoms with van der Waals surface area (Å²) in [4.78, 5) is 71.6. The molecule has 0 aromatic carbocycles. The van der Waals surface area contributed by atoms with Crippen molar-refractivity contribution in [2.75, 3.05) is 0 Å². The summed E-state index contributed by atoms with van der Waals surface area (Å²) >= 11 is 0. The zero-order valence-electron chi connectivity index (χ0n) is 19.9. The summed E-state index contributed by atoms with van der Waals surface area (Å²) in [7, 11) is 0. The Balaban J connectivity index is 5.67. The summed E-state index contributed by atoms with van der Waals surface area (Å²) in [6, 6.07) is -5.37. The predicted molar refractivity (Wildman–Crippen MR) is 119 cm³/mol. The molecule has 0 saturated heterocycles. The number of hydrogen-bond donors (Lipinski definition) is 7. The first kappa shape index (κ1) is 30.8. The number of amides is 3. The van der Waals surface area contributed by atoms with Crippen LogP contribution in [0.1, 0.15) is 59.8 Å². The van der Waals surface area contributed by atoms with Gasteiger partial charge in [-0.15, -0.1) is 0 Å². The molecular formula is C21H36N4O9. The van der Waals surface area contributed by atoms with Crippen LogP contribution >= 0.6 is 0 Å². The molecule has 0 aromatic heterocycles. The molecule has 34 heavy (non-hydrogen) atoms. The highest BCUT2D eigenvalue weighted by molar-refractivity contribution is 5.95. The van der Waals surface area contributed by atoms with Gasteiger partial charge in [0.2, 0.25) is 17.7 Å². The smallest absolute Gasteiger partial charge is 0.326 e. The van der Waals surface area contributed by atoms with E-state index in [0.29, 0.717) is 12.8 Å². The third-order valence-corrected chi connectivity index (χ3v) is 5.63. The van der Waals surface area contributed by atoms with Crippen LogP contribution in [0, 0.1) is 11.8 Å². The molecule has 6 unspecified atom stereocenters. The lowest BCUT2D eigenvalue weighted by atomic mass is 9.98. The van der Waals surface area contributed by atoms with Crippen LogP contribution in [0.15, 0.2) is 0 Å². The highest BCUT2D eigenvalue weighted by Crippen LogP contribution is 2.10. The highest BCUT2D eigenvalue weighted by Gasteiger charge is 2.33. The fourth-order valence-corrected chi connectivity index (χ4v) is 2.91. The molecule has 0 aromatic rings. The minimum Gasteiger partial charge on any atom is -0.481 e. The molecular weight excluding hydrogens is 452 g/mol. The molecule has 0 radical (unpaired) electrons. The third kappa shape index (κ3) is 10.6. The molecule has 13 heteroatoms. The Morgan fingerprint density at radius 1 is 0.735 bits per heavy atom. The summed E-state index contributed by atoms with van der Waals surface area (Å²) in [6.07, 6.45) is -0.723. The Kier molecular flexibility index (Phi) is 13.4. The van der Waals surface area contributed by atoms with Crippen molar-refractivity contribution in [1.82, 2.24) is 16.0 Å². The van der Waals surface area contributed by atoms with E-state index in [4.69, 9.17) is 15.9 Å². The second kappa shape index (κ2) is 14.8. The van der Waals surface area contributed by atoms with Gasteiger partial charge in [0.05, 0.1) is 12.5 Å². The van der Waals surface area contributed by atoms with E-state index in [0.717, 1.165) is 0 Å². The van der Waals surface area contributed by atoms with Gasteiger partial charge in [0.25, 0.3) is 0 Å². The fraction of sp³-hybridized carbons (Fsp3) is 0.714. The largest absolute Gasteiger partial charge is 0.481 e. The Morgan fingerprint density at radius 3 is 1.68 bits per heavy atom. The fourth-order valence-electron chi connectivity index (χ4n) is 2.91. The highest BCUT2D eigenvalue weighted by atomic mass is 16.4. The normalized spacial score (nSPS) is 16.1. The van der Waals surface area contributed by atoms with Crippen molar-refractivity contribution in [2.24, 2.45) is 17.6 Å². The van der Waals surface area contributed by atoms with Gasteiger partial charge in [0, 0.05) is 6.42 Å². The molecule has 13 nitrogen and oxygen atoms in total. The van der Waals surface area contributed by atoms with Gasteiger partial charge in [-0.05, 0) is 18.3 Å². The molecule has 0 heterocycles. The number of carbonyl (C=O) groups is 6. The Bertz CT molecular complexity index is 759. The molecule has 0 aliphatic carbocycles. The van der Waals surface area contributed by atoms with Crippen LogP contribution in [-0.4, -0.2) is 75.1 Å². The minimum absolute atomic E-state index is 0.234. The second-order valence-electron chi connectivity index (χ2n) is 8.27. The first-order valence-corrected chi connectivity index (χ1v) is 11.1. The SMILES string of the molecule is CCC(C)C(N)C(=O)NC(CCC(=O)O)C(=O)NC(CC(=O)O)C(=O)NC(C(=O)O)C(C)CC. The first-order valence-electron chi connectivity index (χ1n) is 11.1. The second-order valence-corrected chi connectivity index (χ2v) is 8.27. The number of carbonyl (C=O) groups excluding carboxylic acids is 3. The van der Waals surface area contributed by atoms with Crippen LogP contribution in [-0.2, 0) is 28.8 Å². The maximum atomic E-state index is 12.8. The van der Waals surface area contributed by atoms with Gasteiger partial charge in [-0.1, -0.05) is 40.5 Å². The van der Waals surface area contributed by atoms with E-state index in [1.165, 1.54) is 0 Å². The monoisotopic (exact) mass is 488 g/mol. The number of aliphatic carboxylic acids is 3. The van der Waals surface area contributed by atoms with Gasteiger partial charge in [0.1, 0.15) is 18.1 Å². The summed E-state index contributed by atoms with van der Waals surface area (Å²) < 4.78 is 0. The lowest BCUT2D eigenvalue weighted by Crippen LogP contribution is -2.58. The topological polar surface area (TPSA) is 225 Å². The predicted octanol–water partition coefficient (Wildman–Crippen LogP) is -0.716. The van der Waals surface area contributed by atoms with E-state index >= 15 is 0 Å². The molecule has 6 atom stereocenters. The van der Waals surface area contributed by atoms with Crippen molar-refractivity contribution >= 4 is 35.6 Å². The molecule has 3 amide bonds. The van der Waals surface area contributed by atoms with Crippen LogP contribution in [0.2, 0.25) is 0 Å². The molecule has 0 saturated carbocycles. The zero-order valence-corrected chi connectivity index (χ0v) is 19.9. The number of carboxylic acids is 3. The summed E-state index contributed by atoms with van der Waals surface area (Å²) in [5.74, 6) is -7.47. The van der Waals surface area contributed by atoms with E-state index in [1.807, 2.05) is 6.92 Å². The molecule has 0 spiro atoms. The van der Waals surface area contributed by atoms with Gasteiger partial charge >= 0.3 is 17.9 Å². The molecule has 8 N–H and O–H groups in total. The van der Waals surface area contributed by atoms with E-state index < -0.39 is 78.6 Å². The van der Waals surface area contributed by atoms with Crippen LogP contribution in [0.5, 0.6) is 0 Å². The minimum atomic E-state index is -1.66. The van der Waals surface area contributed by atoms with Crippen molar-refractivity contribution < 1.29 is 44.1 Å². The van der Waals surface area contributed by atoms with E-state index in [1.54, 1.807) is 20.8 Å². The quantitative estimate of drug-likeness (QED) is 0.144. The number of carboxylic acid groups (broad SMARTS) is 3. The third-order valence-electron chi connectivity index (χ3n) is 5.63. The Hall–Kier alpha value is -3.22. The van der Waals surface area contributed by atoms with Crippen molar-refractivity contribution in [3.05, 3.63) is 0 Å². The Morgan fingerprint density at radius 2 is 1.24 bits per heavy atom. The van der Waals surface area contributed by atoms with Crippen molar-refractivity contribution in [1.29, 1.82) is 0 Å². The lowest BCUT2D eigenvalue weighted by molar-refractivity contribution is -0.144. The number of rotatable bonds is 16. The molecule has 0 bridgehead atoms. The van der Waals surface area contributed by atoms with Crippen molar-refractivity contribution in [3.8, 4) is 0 Å².